The average Bonchev–Trinajstić information content (AvgIpc) is 2.90. The quantitative estimate of drug-likeness (QED) is 0.652. The second-order valence-electron chi connectivity index (χ2n) is 4.60. The standard InChI is InChI=1S/C14H19N5O2/c1-4-10-7-11(5-2)18(17-10)14-9-12(19(20)21)8-13(16-14)15-6-3/h7-9H,4-6H2,1-3H3,(H,15,16). The maximum atomic E-state index is 11.1. The van der Waals surface area contributed by atoms with E-state index in [1.54, 1.807) is 4.68 Å². The molecular weight excluding hydrogens is 270 g/mol. The molecule has 2 aromatic rings. The summed E-state index contributed by atoms with van der Waals surface area (Å²) in [4.78, 5) is 15.1. The lowest BCUT2D eigenvalue weighted by Crippen LogP contribution is -2.08. The molecular formula is C14H19N5O2. The van der Waals surface area contributed by atoms with E-state index in [1.807, 2.05) is 26.8 Å². The van der Waals surface area contributed by atoms with Gasteiger partial charge in [0.15, 0.2) is 5.82 Å². The van der Waals surface area contributed by atoms with Crippen LogP contribution in [0.1, 0.15) is 32.2 Å². The van der Waals surface area contributed by atoms with E-state index in [2.05, 4.69) is 15.4 Å². The molecule has 0 atom stereocenters. The third kappa shape index (κ3) is 3.18. The summed E-state index contributed by atoms with van der Waals surface area (Å²) in [5.41, 5.74) is 1.94. The van der Waals surface area contributed by atoms with Crippen molar-refractivity contribution in [3.63, 3.8) is 0 Å². The molecule has 0 aliphatic rings. The highest BCUT2D eigenvalue weighted by molar-refractivity contribution is 5.50. The van der Waals surface area contributed by atoms with Gasteiger partial charge in [0.1, 0.15) is 5.82 Å². The zero-order chi connectivity index (χ0) is 15.4. The van der Waals surface area contributed by atoms with Gasteiger partial charge in [-0.2, -0.15) is 5.10 Å². The molecule has 0 aromatic carbocycles. The van der Waals surface area contributed by atoms with Gasteiger partial charge >= 0.3 is 0 Å². The molecule has 0 bridgehead atoms. The Morgan fingerprint density at radius 1 is 1.24 bits per heavy atom. The summed E-state index contributed by atoms with van der Waals surface area (Å²) in [6.07, 6.45) is 1.60. The first-order valence-corrected chi connectivity index (χ1v) is 7.07. The van der Waals surface area contributed by atoms with Crippen LogP contribution in [0.2, 0.25) is 0 Å². The second-order valence-corrected chi connectivity index (χ2v) is 4.60. The SMILES string of the molecule is CCNc1cc([N+](=O)[O-])cc(-n2nc(CC)cc2CC)n1. The third-order valence-corrected chi connectivity index (χ3v) is 3.14. The Morgan fingerprint density at radius 3 is 2.57 bits per heavy atom. The fraction of sp³-hybridized carbons (Fsp3) is 0.429. The molecule has 0 spiro atoms. The minimum absolute atomic E-state index is 0.00607. The molecule has 7 nitrogen and oxygen atoms in total. The molecule has 0 radical (unpaired) electrons. The highest BCUT2D eigenvalue weighted by Crippen LogP contribution is 2.21. The maximum Gasteiger partial charge on any atom is 0.276 e. The van der Waals surface area contributed by atoms with E-state index < -0.39 is 4.92 Å². The maximum absolute atomic E-state index is 11.1. The van der Waals surface area contributed by atoms with Gasteiger partial charge in [0.25, 0.3) is 5.69 Å². The van der Waals surface area contributed by atoms with Crippen LogP contribution in [0.3, 0.4) is 0 Å². The molecule has 2 aromatic heterocycles. The van der Waals surface area contributed by atoms with Gasteiger partial charge in [0.05, 0.1) is 22.7 Å². The van der Waals surface area contributed by atoms with Crippen molar-refractivity contribution in [2.24, 2.45) is 0 Å². The molecule has 0 aliphatic heterocycles. The molecule has 2 heterocycles. The van der Waals surface area contributed by atoms with E-state index >= 15 is 0 Å². The fourth-order valence-electron chi connectivity index (χ4n) is 2.09. The number of aromatic nitrogens is 3. The Kier molecular flexibility index (Phi) is 4.52. The smallest absolute Gasteiger partial charge is 0.276 e. The Balaban J connectivity index is 2.56. The molecule has 112 valence electrons. The van der Waals surface area contributed by atoms with Crippen LogP contribution in [0.4, 0.5) is 11.5 Å². The van der Waals surface area contributed by atoms with Gasteiger partial charge in [-0.1, -0.05) is 13.8 Å². The number of aryl methyl sites for hydroxylation is 2. The van der Waals surface area contributed by atoms with E-state index in [4.69, 9.17) is 0 Å². The number of hydrogen-bond donors (Lipinski definition) is 1. The van der Waals surface area contributed by atoms with Crippen molar-refractivity contribution in [2.45, 2.75) is 33.6 Å². The van der Waals surface area contributed by atoms with E-state index in [1.165, 1.54) is 12.1 Å². The van der Waals surface area contributed by atoms with Gasteiger partial charge in [-0.25, -0.2) is 9.67 Å². The van der Waals surface area contributed by atoms with Crippen LogP contribution >= 0.6 is 0 Å². The minimum atomic E-state index is -0.415. The number of pyridine rings is 1. The predicted octanol–water partition coefficient (Wildman–Crippen LogP) is 2.73. The lowest BCUT2D eigenvalue weighted by atomic mass is 10.2. The van der Waals surface area contributed by atoms with E-state index in [0.717, 1.165) is 24.2 Å². The van der Waals surface area contributed by atoms with Crippen molar-refractivity contribution < 1.29 is 4.92 Å². The van der Waals surface area contributed by atoms with Crippen molar-refractivity contribution in [2.75, 3.05) is 11.9 Å². The van der Waals surface area contributed by atoms with Crippen LogP contribution in [0.5, 0.6) is 0 Å². The highest BCUT2D eigenvalue weighted by atomic mass is 16.6. The Morgan fingerprint density at radius 2 is 2.00 bits per heavy atom. The molecule has 2 rings (SSSR count). The van der Waals surface area contributed by atoms with Crippen molar-refractivity contribution in [3.05, 3.63) is 39.7 Å². The zero-order valence-corrected chi connectivity index (χ0v) is 12.5. The number of nitrogens with one attached hydrogen (secondary N) is 1. The van der Waals surface area contributed by atoms with Crippen LogP contribution in [-0.4, -0.2) is 26.2 Å². The molecule has 7 heteroatoms. The van der Waals surface area contributed by atoms with Crippen molar-refractivity contribution in [1.29, 1.82) is 0 Å². The number of nitro groups is 1. The fourth-order valence-corrected chi connectivity index (χ4v) is 2.09. The topological polar surface area (TPSA) is 85.9 Å². The van der Waals surface area contributed by atoms with Gasteiger partial charge in [-0.05, 0) is 25.8 Å². The first kappa shape index (κ1) is 15.0. The van der Waals surface area contributed by atoms with Gasteiger partial charge in [-0.3, -0.25) is 10.1 Å². The van der Waals surface area contributed by atoms with Crippen LogP contribution in [-0.2, 0) is 12.8 Å². The number of nitrogens with zero attached hydrogens (tertiary/aromatic N) is 4. The van der Waals surface area contributed by atoms with Crippen LogP contribution in [0.25, 0.3) is 5.82 Å². The van der Waals surface area contributed by atoms with Gasteiger partial charge < -0.3 is 5.32 Å². The molecule has 1 N–H and O–H groups in total. The van der Waals surface area contributed by atoms with Crippen LogP contribution in [0, 0.1) is 10.1 Å². The summed E-state index contributed by atoms with van der Waals surface area (Å²) >= 11 is 0. The van der Waals surface area contributed by atoms with Crippen molar-refractivity contribution in [1.82, 2.24) is 14.8 Å². The monoisotopic (exact) mass is 289 g/mol. The lowest BCUT2D eigenvalue weighted by molar-refractivity contribution is -0.384. The Hall–Kier alpha value is -2.44. The lowest BCUT2D eigenvalue weighted by Gasteiger charge is -2.08. The van der Waals surface area contributed by atoms with Gasteiger partial charge in [-0.15, -0.1) is 0 Å². The van der Waals surface area contributed by atoms with E-state index in [-0.39, 0.29) is 5.69 Å². The van der Waals surface area contributed by atoms with Gasteiger partial charge in [0.2, 0.25) is 0 Å². The largest absolute Gasteiger partial charge is 0.370 e. The molecule has 0 amide bonds. The molecule has 0 fully saturated rings. The minimum Gasteiger partial charge on any atom is -0.370 e. The number of rotatable bonds is 6. The number of hydrogen-bond acceptors (Lipinski definition) is 5. The Bertz CT molecular complexity index is 651. The van der Waals surface area contributed by atoms with Gasteiger partial charge in [0, 0.05) is 12.2 Å². The van der Waals surface area contributed by atoms with Crippen LogP contribution in [0.15, 0.2) is 18.2 Å². The summed E-state index contributed by atoms with van der Waals surface area (Å²) < 4.78 is 1.69. The zero-order valence-electron chi connectivity index (χ0n) is 12.5. The summed E-state index contributed by atoms with van der Waals surface area (Å²) in [5.74, 6) is 0.953. The Labute approximate surface area is 123 Å². The van der Waals surface area contributed by atoms with Crippen LogP contribution < -0.4 is 5.32 Å². The normalized spacial score (nSPS) is 10.6. The van der Waals surface area contributed by atoms with E-state index in [9.17, 15) is 10.1 Å². The van der Waals surface area contributed by atoms with Crippen molar-refractivity contribution >= 4 is 11.5 Å². The summed E-state index contributed by atoms with van der Waals surface area (Å²) in [7, 11) is 0. The summed E-state index contributed by atoms with van der Waals surface area (Å²) in [5, 5.41) is 18.6. The third-order valence-electron chi connectivity index (χ3n) is 3.14. The molecule has 21 heavy (non-hydrogen) atoms. The molecule has 0 unspecified atom stereocenters. The highest BCUT2D eigenvalue weighted by Gasteiger charge is 2.15. The molecule has 0 saturated carbocycles. The first-order valence-electron chi connectivity index (χ1n) is 7.07. The number of anilines is 1. The second kappa shape index (κ2) is 6.34. The predicted molar refractivity (Wildman–Crippen MR) is 80.9 cm³/mol. The summed E-state index contributed by atoms with van der Waals surface area (Å²) in [6, 6.07) is 4.89. The van der Waals surface area contributed by atoms with Crippen molar-refractivity contribution in [3.8, 4) is 5.82 Å². The summed E-state index contributed by atoms with van der Waals surface area (Å²) in [6.45, 7) is 6.61. The average molecular weight is 289 g/mol. The van der Waals surface area contributed by atoms with E-state index in [0.29, 0.717) is 18.2 Å². The molecule has 0 aliphatic carbocycles. The first-order chi connectivity index (χ1) is 10.1. The molecule has 0 saturated heterocycles.